The SMILES string of the molecule is CC1Cc2ccccc2CC(Cc2ccccc2)N1. The molecule has 2 aromatic carbocycles. The molecule has 0 saturated heterocycles. The van der Waals surface area contributed by atoms with Gasteiger partial charge in [0.15, 0.2) is 0 Å². The summed E-state index contributed by atoms with van der Waals surface area (Å²) in [5.74, 6) is 0. The maximum atomic E-state index is 3.77. The van der Waals surface area contributed by atoms with Crippen LogP contribution in [0.15, 0.2) is 54.6 Å². The minimum absolute atomic E-state index is 0.543. The maximum absolute atomic E-state index is 3.77. The molecule has 2 atom stereocenters. The topological polar surface area (TPSA) is 12.0 Å². The number of benzene rings is 2. The maximum Gasteiger partial charge on any atom is 0.0151 e. The van der Waals surface area contributed by atoms with Gasteiger partial charge in [-0.3, -0.25) is 0 Å². The second-order valence-corrected chi connectivity index (χ2v) is 5.63. The molecule has 19 heavy (non-hydrogen) atoms. The van der Waals surface area contributed by atoms with Gasteiger partial charge in [0.2, 0.25) is 0 Å². The molecule has 98 valence electrons. The first-order chi connectivity index (χ1) is 9.31. The van der Waals surface area contributed by atoms with Gasteiger partial charge in [-0.05, 0) is 42.9 Å². The summed E-state index contributed by atoms with van der Waals surface area (Å²) < 4.78 is 0. The molecule has 0 aliphatic carbocycles. The van der Waals surface area contributed by atoms with Crippen LogP contribution in [0.2, 0.25) is 0 Å². The van der Waals surface area contributed by atoms with Gasteiger partial charge in [-0.15, -0.1) is 0 Å². The van der Waals surface area contributed by atoms with E-state index in [4.69, 9.17) is 0 Å². The van der Waals surface area contributed by atoms with Crippen LogP contribution in [-0.2, 0) is 19.3 Å². The molecule has 3 rings (SSSR count). The zero-order valence-corrected chi connectivity index (χ0v) is 11.5. The zero-order valence-electron chi connectivity index (χ0n) is 11.5. The molecule has 1 heteroatoms. The molecule has 0 spiro atoms. The Bertz CT molecular complexity index is 532. The van der Waals surface area contributed by atoms with E-state index in [0.717, 1.165) is 19.3 Å². The summed E-state index contributed by atoms with van der Waals surface area (Å²) in [6.07, 6.45) is 3.39. The molecule has 0 amide bonds. The van der Waals surface area contributed by atoms with Crippen molar-refractivity contribution >= 4 is 0 Å². The molecule has 0 aromatic heterocycles. The predicted octanol–water partition coefficient (Wildman–Crippen LogP) is 3.37. The lowest BCUT2D eigenvalue weighted by atomic mass is 9.97. The van der Waals surface area contributed by atoms with Crippen molar-refractivity contribution < 1.29 is 0 Å². The first-order valence-electron chi connectivity index (χ1n) is 7.18. The average molecular weight is 251 g/mol. The molecular formula is C18H21N. The Morgan fingerprint density at radius 2 is 1.53 bits per heavy atom. The van der Waals surface area contributed by atoms with Crippen molar-refractivity contribution in [2.45, 2.75) is 38.3 Å². The number of hydrogen-bond donors (Lipinski definition) is 1. The van der Waals surface area contributed by atoms with Crippen LogP contribution < -0.4 is 5.32 Å². The quantitative estimate of drug-likeness (QED) is 0.863. The third kappa shape index (κ3) is 3.05. The van der Waals surface area contributed by atoms with Crippen molar-refractivity contribution in [2.24, 2.45) is 0 Å². The second kappa shape index (κ2) is 5.58. The third-order valence-corrected chi connectivity index (χ3v) is 3.96. The summed E-state index contributed by atoms with van der Waals surface area (Å²) >= 11 is 0. The van der Waals surface area contributed by atoms with Crippen LogP contribution in [0, 0.1) is 0 Å². The lowest BCUT2D eigenvalue weighted by Crippen LogP contribution is -2.38. The standard InChI is InChI=1S/C18H21N/c1-14-11-16-9-5-6-10-17(16)13-18(19-14)12-15-7-3-2-4-8-15/h2-10,14,18-19H,11-13H2,1H3. The number of nitrogens with one attached hydrogen (secondary N) is 1. The second-order valence-electron chi connectivity index (χ2n) is 5.63. The largest absolute Gasteiger partial charge is 0.311 e. The van der Waals surface area contributed by atoms with Gasteiger partial charge in [-0.25, -0.2) is 0 Å². The van der Waals surface area contributed by atoms with E-state index in [1.165, 1.54) is 16.7 Å². The molecule has 0 bridgehead atoms. The van der Waals surface area contributed by atoms with Gasteiger partial charge < -0.3 is 5.32 Å². The van der Waals surface area contributed by atoms with Crippen LogP contribution in [0.4, 0.5) is 0 Å². The lowest BCUT2D eigenvalue weighted by molar-refractivity contribution is 0.452. The fraction of sp³-hybridized carbons (Fsp3) is 0.333. The Morgan fingerprint density at radius 1 is 0.895 bits per heavy atom. The van der Waals surface area contributed by atoms with Crippen LogP contribution in [0.25, 0.3) is 0 Å². The molecule has 1 aliphatic heterocycles. The number of rotatable bonds is 2. The Hall–Kier alpha value is -1.60. The monoisotopic (exact) mass is 251 g/mol. The van der Waals surface area contributed by atoms with E-state index in [0.29, 0.717) is 12.1 Å². The summed E-state index contributed by atoms with van der Waals surface area (Å²) in [4.78, 5) is 0. The minimum atomic E-state index is 0.543. The van der Waals surface area contributed by atoms with Gasteiger partial charge in [0.05, 0.1) is 0 Å². The van der Waals surface area contributed by atoms with Crippen molar-refractivity contribution in [3.05, 3.63) is 71.3 Å². The van der Waals surface area contributed by atoms with Gasteiger partial charge in [-0.2, -0.15) is 0 Å². The summed E-state index contributed by atoms with van der Waals surface area (Å²) in [5, 5.41) is 3.77. The van der Waals surface area contributed by atoms with Gasteiger partial charge in [0.25, 0.3) is 0 Å². The first-order valence-corrected chi connectivity index (χ1v) is 7.18. The van der Waals surface area contributed by atoms with Crippen LogP contribution in [0.1, 0.15) is 23.6 Å². The normalized spacial score (nSPS) is 22.6. The molecular weight excluding hydrogens is 230 g/mol. The zero-order chi connectivity index (χ0) is 13.1. The molecule has 1 aliphatic rings. The van der Waals surface area contributed by atoms with Gasteiger partial charge in [0, 0.05) is 12.1 Å². The van der Waals surface area contributed by atoms with E-state index in [1.807, 2.05) is 0 Å². The van der Waals surface area contributed by atoms with Crippen LogP contribution in [0.3, 0.4) is 0 Å². The van der Waals surface area contributed by atoms with Gasteiger partial charge >= 0.3 is 0 Å². The fourth-order valence-electron chi connectivity index (χ4n) is 3.10. The highest BCUT2D eigenvalue weighted by Gasteiger charge is 2.20. The number of fused-ring (bicyclic) bond motifs is 1. The Balaban J connectivity index is 1.80. The Labute approximate surface area is 115 Å². The Kier molecular flexibility index (Phi) is 3.65. The highest BCUT2D eigenvalue weighted by molar-refractivity contribution is 5.30. The summed E-state index contributed by atoms with van der Waals surface area (Å²) in [5.41, 5.74) is 4.45. The van der Waals surface area contributed by atoms with Crippen molar-refractivity contribution in [1.82, 2.24) is 5.32 Å². The molecule has 1 nitrogen and oxygen atoms in total. The smallest absolute Gasteiger partial charge is 0.0151 e. The molecule has 2 aromatic rings. The molecule has 1 heterocycles. The van der Waals surface area contributed by atoms with Crippen molar-refractivity contribution in [3.63, 3.8) is 0 Å². The van der Waals surface area contributed by atoms with Crippen molar-refractivity contribution in [2.75, 3.05) is 0 Å². The molecule has 0 fully saturated rings. The highest BCUT2D eigenvalue weighted by atomic mass is 14.9. The molecule has 0 radical (unpaired) electrons. The van der Waals surface area contributed by atoms with E-state index in [-0.39, 0.29) is 0 Å². The van der Waals surface area contributed by atoms with E-state index in [9.17, 15) is 0 Å². The molecule has 1 N–H and O–H groups in total. The average Bonchev–Trinajstić information content (AvgIpc) is 2.57. The predicted molar refractivity (Wildman–Crippen MR) is 80.4 cm³/mol. The van der Waals surface area contributed by atoms with Crippen molar-refractivity contribution in [1.29, 1.82) is 0 Å². The van der Waals surface area contributed by atoms with E-state index < -0.39 is 0 Å². The third-order valence-electron chi connectivity index (χ3n) is 3.96. The summed E-state index contributed by atoms with van der Waals surface area (Å²) in [6, 6.07) is 20.8. The van der Waals surface area contributed by atoms with E-state index in [2.05, 4.69) is 66.8 Å². The lowest BCUT2D eigenvalue weighted by Gasteiger charge is -2.20. The molecule has 0 saturated carbocycles. The Morgan fingerprint density at radius 3 is 2.26 bits per heavy atom. The van der Waals surface area contributed by atoms with E-state index in [1.54, 1.807) is 0 Å². The highest BCUT2D eigenvalue weighted by Crippen LogP contribution is 2.19. The van der Waals surface area contributed by atoms with Crippen molar-refractivity contribution in [3.8, 4) is 0 Å². The van der Waals surface area contributed by atoms with Crippen LogP contribution in [-0.4, -0.2) is 12.1 Å². The van der Waals surface area contributed by atoms with Gasteiger partial charge in [-0.1, -0.05) is 54.6 Å². The molecule has 2 unspecified atom stereocenters. The van der Waals surface area contributed by atoms with Crippen LogP contribution >= 0.6 is 0 Å². The summed E-state index contributed by atoms with van der Waals surface area (Å²) in [7, 11) is 0. The first kappa shape index (κ1) is 12.4. The summed E-state index contributed by atoms with van der Waals surface area (Å²) in [6.45, 7) is 2.29. The van der Waals surface area contributed by atoms with Crippen LogP contribution in [0.5, 0.6) is 0 Å². The van der Waals surface area contributed by atoms with E-state index >= 15 is 0 Å². The number of hydrogen-bond acceptors (Lipinski definition) is 1. The minimum Gasteiger partial charge on any atom is -0.311 e. The fourth-order valence-corrected chi connectivity index (χ4v) is 3.10. The van der Waals surface area contributed by atoms with Gasteiger partial charge in [0.1, 0.15) is 0 Å².